The highest BCUT2D eigenvalue weighted by molar-refractivity contribution is 5.96. The molecule has 1 aliphatic heterocycles. The summed E-state index contributed by atoms with van der Waals surface area (Å²) >= 11 is 0. The normalized spacial score (nSPS) is 16.7. The van der Waals surface area contributed by atoms with Gasteiger partial charge in [0.1, 0.15) is 5.52 Å². The Balaban J connectivity index is 1.37. The van der Waals surface area contributed by atoms with Crippen LogP contribution in [0.2, 0.25) is 0 Å². The number of rotatable bonds is 5. The van der Waals surface area contributed by atoms with Crippen molar-refractivity contribution < 1.29 is 9.32 Å². The molecule has 2 aromatic carbocycles. The Labute approximate surface area is 173 Å². The summed E-state index contributed by atoms with van der Waals surface area (Å²) in [4.78, 5) is 18.9. The number of carbonyl (C=O) groups is 1. The third kappa shape index (κ3) is 3.24. The molecule has 0 N–H and O–H groups in total. The molecule has 0 bridgehead atoms. The van der Waals surface area contributed by atoms with Crippen LogP contribution in [0.4, 0.5) is 5.69 Å². The van der Waals surface area contributed by atoms with Crippen LogP contribution in [0, 0.1) is 6.92 Å². The first kappa shape index (κ1) is 18.5. The first-order valence-corrected chi connectivity index (χ1v) is 10.2. The van der Waals surface area contributed by atoms with Crippen molar-refractivity contribution in [2.45, 2.75) is 39.2 Å². The van der Waals surface area contributed by atoms with Gasteiger partial charge in [0.25, 0.3) is 0 Å². The summed E-state index contributed by atoms with van der Waals surface area (Å²) < 4.78 is 7.42. The van der Waals surface area contributed by atoms with Crippen LogP contribution in [0.5, 0.6) is 0 Å². The molecule has 0 radical (unpaired) electrons. The molecule has 2 aromatic heterocycles. The van der Waals surface area contributed by atoms with Crippen molar-refractivity contribution in [3.63, 3.8) is 0 Å². The Bertz CT molecular complexity index is 1210. The third-order valence-corrected chi connectivity index (χ3v) is 5.47. The minimum absolute atomic E-state index is 0.0672. The van der Waals surface area contributed by atoms with Crippen molar-refractivity contribution in [3.05, 3.63) is 53.9 Å². The van der Waals surface area contributed by atoms with E-state index in [1.54, 1.807) is 4.90 Å². The molecular weight excluding hydrogens is 380 g/mol. The topological polar surface area (TPSA) is 89.9 Å². The Kier molecular flexibility index (Phi) is 4.54. The molecule has 1 saturated heterocycles. The fourth-order valence-corrected chi connectivity index (χ4v) is 3.85. The average Bonchev–Trinajstić information content (AvgIpc) is 3.47. The summed E-state index contributed by atoms with van der Waals surface area (Å²) in [7, 11) is 0. The van der Waals surface area contributed by atoms with Gasteiger partial charge in [-0.3, -0.25) is 4.79 Å². The van der Waals surface area contributed by atoms with Gasteiger partial charge in [-0.2, -0.15) is 4.98 Å². The van der Waals surface area contributed by atoms with Crippen LogP contribution in [-0.2, 0) is 11.3 Å². The molecule has 1 aliphatic rings. The van der Waals surface area contributed by atoms with Gasteiger partial charge < -0.3 is 9.42 Å². The van der Waals surface area contributed by atoms with E-state index in [9.17, 15) is 4.79 Å². The highest BCUT2D eigenvalue weighted by atomic mass is 16.5. The predicted octanol–water partition coefficient (Wildman–Crippen LogP) is 3.72. The van der Waals surface area contributed by atoms with E-state index >= 15 is 0 Å². The number of anilines is 1. The summed E-state index contributed by atoms with van der Waals surface area (Å²) in [6.45, 7) is 5.50. The van der Waals surface area contributed by atoms with Crippen LogP contribution in [0.1, 0.15) is 37.1 Å². The predicted molar refractivity (Wildman–Crippen MR) is 112 cm³/mol. The van der Waals surface area contributed by atoms with Crippen LogP contribution >= 0.6 is 0 Å². The van der Waals surface area contributed by atoms with Gasteiger partial charge in [-0.15, -0.1) is 5.10 Å². The van der Waals surface area contributed by atoms with Gasteiger partial charge in [0.05, 0.1) is 11.4 Å². The average molecular weight is 402 g/mol. The van der Waals surface area contributed by atoms with Crippen molar-refractivity contribution >= 4 is 22.6 Å². The van der Waals surface area contributed by atoms with Gasteiger partial charge in [0.15, 0.2) is 0 Å². The second-order valence-corrected chi connectivity index (χ2v) is 7.71. The van der Waals surface area contributed by atoms with Crippen LogP contribution in [0.25, 0.3) is 22.4 Å². The molecule has 152 valence electrons. The molecule has 1 amide bonds. The first-order chi connectivity index (χ1) is 14.6. The number of amides is 1. The zero-order chi connectivity index (χ0) is 20.7. The standard InChI is InChI=1S/C22H22N6O2/c1-3-10-28-19-9-6-15(11-18(19)24-26-28)21-23-22(30-25-21)16-12-20(29)27(13-16)17-7-4-14(2)5-8-17/h4-9,11,16H,3,10,12-13H2,1-2H3. The van der Waals surface area contributed by atoms with Crippen molar-refractivity contribution in [3.8, 4) is 11.4 Å². The number of nitrogens with zero attached hydrogens (tertiary/aromatic N) is 6. The largest absolute Gasteiger partial charge is 0.339 e. The number of carbonyl (C=O) groups excluding carboxylic acids is 1. The van der Waals surface area contributed by atoms with Crippen LogP contribution in [0.3, 0.4) is 0 Å². The zero-order valence-electron chi connectivity index (χ0n) is 16.9. The molecule has 4 aromatic rings. The smallest absolute Gasteiger partial charge is 0.232 e. The van der Waals surface area contributed by atoms with Crippen molar-refractivity contribution in [1.29, 1.82) is 0 Å². The lowest BCUT2D eigenvalue weighted by Crippen LogP contribution is -2.24. The Morgan fingerprint density at radius 2 is 2.00 bits per heavy atom. The third-order valence-electron chi connectivity index (χ3n) is 5.47. The van der Waals surface area contributed by atoms with E-state index in [1.165, 1.54) is 0 Å². The second kappa shape index (κ2) is 7.37. The molecular formula is C22H22N6O2. The van der Waals surface area contributed by atoms with Crippen LogP contribution in [0.15, 0.2) is 47.0 Å². The minimum atomic E-state index is -0.116. The lowest BCUT2D eigenvalue weighted by atomic mass is 10.1. The van der Waals surface area contributed by atoms with Gasteiger partial charge in [0, 0.05) is 30.8 Å². The number of fused-ring (bicyclic) bond motifs is 1. The summed E-state index contributed by atoms with van der Waals surface area (Å²) in [6, 6.07) is 13.8. The van der Waals surface area contributed by atoms with Gasteiger partial charge in [-0.05, 0) is 43.7 Å². The number of hydrogen-bond acceptors (Lipinski definition) is 6. The lowest BCUT2D eigenvalue weighted by molar-refractivity contribution is -0.117. The summed E-state index contributed by atoms with van der Waals surface area (Å²) in [6.07, 6.45) is 1.36. The molecule has 0 saturated carbocycles. The van der Waals surface area contributed by atoms with Gasteiger partial charge in [-0.25, -0.2) is 4.68 Å². The van der Waals surface area contributed by atoms with Gasteiger partial charge in [-0.1, -0.05) is 35.0 Å². The maximum Gasteiger partial charge on any atom is 0.232 e. The van der Waals surface area contributed by atoms with E-state index in [2.05, 4.69) is 27.4 Å². The number of benzene rings is 2. The van der Waals surface area contributed by atoms with E-state index in [-0.39, 0.29) is 11.8 Å². The Hall–Kier alpha value is -3.55. The Morgan fingerprint density at radius 3 is 2.80 bits per heavy atom. The molecule has 30 heavy (non-hydrogen) atoms. The fraction of sp³-hybridized carbons (Fsp3) is 0.318. The molecule has 1 atom stereocenters. The number of aromatic nitrogens is 5. The summed E-state index contributed by atoms with van der Waals surface area (Å²) in [5.41, 5.74) is 4.66. The molecule has 8 nitrogen and oxygen atoms in total. The maximum atomic E-state index is 12.5. The molecule has 0 spiro atoms. The number of aryl methyl sites for hydroxylation is 2. The number of hydrogen-bond donors (Lipinski definition) is 0. The Morgan fingerprint density at radius 1 is 1.17 bits per heavy atom. The highest BCUT2D eigenvalue weighted by Crippen LogP contribution is 2.32. The van der Waals surface area contributed by atoms with Crippen molar-refractivity contribution in [2.24, 2.45) is 0 Å². The minimum Gasteiger partial charge on any atom is -0.339 e. The lowest BCUT2D eigenvalue weighted by Gasteiger charge is -2.16. The van der Waals surface area contributed by atoms with Crippen molar-refractivity contribution in [2.75, 3.05) is 11.4 Å². The van der Waals surface area contributed by atoms with Crippen LogP contribution < -0.4 is 4.90 Å². The van der Waals surface area contributed by atoms with Crippen molar-refractivity contribution in [1.82, 2.24) is 25.1 Å². The molecule has 5 rings (SSSR count). The van der Waals surface area contributed by atoms with E-state index in [0.29, 0.717) is 24.7 Å². The van der Waals surface area contributed by atoms with E-state index in [4.69, 9.17) is 4.52 Å². The van der Waals surface area contributed by atoms with Crippen LogP contribution in [-0.4, -0.2) is 37.6 Å². The monoisotopic (exact) mass is 402 g/mol. The molecule has 3 heterocycles. The highest BCUT2D eigenvalue weighted by Gasteiger charge is 2.35. The summed E-state index contributed by atoms with van der Waals surface area (Å²) in [5, 5.41) is 12.6. The maximum absolute atomic E-state index is 12.5. The quantitative estimate of drug-likeness (QED) is 0.505. The zero-order valence-corrected chi connectivity index (χ0v) is 16.9. The second-order valence-electron chi connectivity index (χ2n) is 7.71. The summed E-state index contributed by atoms with van der Waals surface area (Å²) in [5.74, 6) is 0.938. The molecule has 1 unspecified atom stereocenters. The van der Waals surface area contributed by atoms with E-state index < -0.39 is 0 Å². The first-order valence-electron chi connectivity index (χ1n) is 10.2. The molecule has 0 aliphatic carbocycles. The SMILES string of the molecule is CCCn1nnc2cc(-c3noc(C4CC(=O)N(c5ccc(C)cc5)C4)n3)ccc21. The molecule has 8 heteroatoms. The molecule has 1 fully saturated rings. The fourth-order valence-electron chi connectivity index (χ4n) is 3.85. The van der Waals surface area contributed by atoms with E-state index in [1.807, 2.05) is 54.1 Å². The van der Waals surface area contributed by atoms with Gasteiger partial charge >= 0.3 is 0 Å². The van der Waals surface area contributed by atoms with E-state index in [0.717, 1.165) is 40.8 Å². The van der Waals surface area contributed by atoms with Gasteiger partial charge in [0.2, 0.25) is 17.6 Å².